The largest absolute Gasteiger partial charge is 0.488 e. The molecule has 0 unspecified atom stereocenters. The second-order valence-corrected chi connectivity index (χ2v) is 5.22. The van der Waals surface area contributed by atoms with E-state index in [-0.39, 0.29) is 43.3 Å². The number of alkyl halides is 1. The maximum Gasteiger partial charge on any atom is 0.159 e. The number of benzene rings is 1. The van der Waals surface area contributed by atoms with Crippen molar-refractivity contribution in [2.75, 3.05) is 12.5 Å². The molecule has 0 spiro atoms. The average Bonchev–Trinajstić information content (AvgIpc) is 2.33. The lowest BCUT2D eigenvalue weighted by Gasteiger charge is -2.15. The summed E-state index contributed by atoms with van der Waals surface area (Å²) in [5.41, 5.74) is 0. The third-order valence-corrected chi connectivity index (χ3v) is 4.37. The molecule has 8 heteroatoms. The van der Waals surface area contributed by atoms with Gasteiger partial charge in [-0.25, -0.2) is 0 Å². The van der Waals surface area contributed by atoms with Crippen LogP contribution < -0.4 is 4.74 Å². The Morgan fingerprint density at radius 2 is 1.29 bits per heavy atom. The van der Waals surface area contributed by atoms with Gasteiger partial charge in [-0.3, -0.25) is 0 Å². The molecule has 0 bridgehead atoms. The van der Waals surface area contributed by atoms with E-state index in [9.17, 15) is 5.11 Å². The highest BCUT2D eigenvalue weighted by molar-refractivity contribution is 6.55. The molecule has 0 aliphatic rings. The molecule has 0 saturated heterocycles. The van der Waals surface area contributed by atoms with E-state index in [1.807, 2.05) is 0 Å². The molecule has 1 atom stereocenters. The molecule has 1 N–H and O–H groups in total. The minimum absolute atomic E-state index is 0.0181. The predicted octanol–water partition coefficient (Wildman–Crippen LogP) is 4.93. The topological polar surface area (TPSA) is 29.5 Å². The summed E-state index contributed by atoms with van der Waals surface area (Å²) < 4.78 is 5.21. The quantitative estimate of drug-likeness (QED) is 0.469. The van der Waals surface area contributed by atoms with E-state index in [1.54, 1.807) is 0 Å². The molecule has 0 aromatic heterocycles. The van der Waals surface area contributed by atoms with Gasteiger partial charge in [0.2, 0.25) is 0 Å². The summed E-state index contributed by atoms with van der Waals surface area (Å²) in [5, 5.41) is 9.46. The molecular formula is C9H6Cl6O2. The van der Waals surface area contributed by atoms with Crippen molar-refractivity contribution in [3.8, 4) is 5.75 Å². The highest BCUT2D eigenvalue weighted by Crippen LogP contribution is 2.48. The van der Waals surface area contributed by atoms with Crippen molar-refractivity contribution in [1.29, 1.82) is 0 Å². The number of halogens is 6. The predicted molar refractivity (Wildman–Crippen MR) is 73.7 cm³/mol. The van der Waals surface area contributed by atoms with Crippen molar-refractivity contribution >= 4 is 69.6 Å². The Morgan fingerprint density at radius 1 is 0.882 bits per heavy atom. The van der Waals surface area contributed by atoms with Gasteiger partial charge in [-0.1, -0.05) is 58.0 Å². The maximum absolute atomic E-state index is 9.26. The fourth-order valence-electron chi connectivity index (χ4n) is 0.936. The maximum atomic E-state index is 9.26. The van der Waals surface area contributed by atoms with Gasteiger partial charge in [-0.05, 0) is 0 Å². The van der Waals surface area contributed by atoms with E-state index >= 15 is 0 Å². The molecule has 1 aromatic carbocycles. The minimum atomic E-state index is -0.850. The number of aliphatic hydroxyl groups is 1. The smallest absolute Gasteiger partial charge is 0.159 e. The molecule has 1 rings (SSSR count). The summed E-state index contributed by atoms with van der Waals surface area (Å²) in [4.78, 5) is 0. The highest BCUT2D eigenvalue weighted by Gasteiger charge is 2.21. The summed E-state index contributed by atoms with van der Waals surface area (Å²) >= 11 is 34.7. The lowest BCUT2D eigenvalue weighted by molar-refractivity contribution is 0.125. The Balaban J connectivity index is 3.07. The van der Waals surface area contributed by atoms with E-state index in [4.69, 9.17) is 74.3 Å². The van der Waals surface area contributed by atoms with Gasteiger partial charge in [0, 0.05) is 0 Å². The van der Waals surface area contributed by atoms with Crippen LogP contribution >= 0.6 is 69.6 Å². The fourth-order valence-corrected chi connectivity index (χ4v) is 2.25. The number of rotatable bonds is 4. The Bertz CT molecular complexity index is 393. The third kappa shape index (κ3) is 3.60. The average molecular weight is 359 g/mol. The van der Waals surface area contributed by atoms with Gasteiger partial charge < -0.3 is 9.84 Å². The third-order valence-electron chi connectivity index (χ3n) is 1.77. The van der Waals surface area contributed by atoms with E-state index in [0.29, 0.717) is 0 Å². The first-order valence-corrected chi connectivity index (χ1v) is 6.70. The van der Waals surface area contributed by atoms with Crippen LogP contribution in [0.4, 0.5) is 0 Å². The molecule has 0 saturated carbocycles. The van der Waals surface area contributed by atoms with Crippen LogP contribution in [0.5, 0.6) is 5.75 Å². The van der Waals surface area contributed by atoms with Gasteiger partial charge >= 0.3 is 0 Å². The Kier molecular flexibility index (Phi) is 6.27. The van der Waals surface area contributed by atoms with Crippen LogP contribution in [0.15, 0.2) is 0 Å². The summed E-state index contributed by atoms with van der Waals surface area (Å²) in [5.74, 6) is 0.0847. The van der Waals surface area contributed by atoms with Gasteiger partial charge in [0.1, 0.15) is 22.8 Å². The Hall–Kier alpha value is 0.720. The van der Waals surface area contributed by atoms with Gasteiger partial charge in [0.05, 0.1) is 20.9 Å². The molecule has 0 aliphatic carbocycles. The monoisotopic (exact) mass is 356 g/mol. The van der Waals surface area contributed by atoms with Crippen LogP contribution in [0, 0.1) is 0 Å². The molecule has 0 radical (unpaired) electrons. The van der Waals surface area contributed by atoms with E-state index in [1.165, 1.54) is 0 Å². The zero-order chi connectivity index (χ0) is 13.2. The van der Waals surface area contributed by atoms with Gasteiger partial charge in [0.25, 0.3) is 0 Å². The van der Waals surface area contributed by atoms with Crippen LogP contribution in [-0.2, 0) is 0 Å². The molecule has 0 aliphatic heterocycles. The standard InChI is InChI=1S/C9H6Cl6O2/c10-1-3(16)2-17-9-7(14)5(12)4(11)6(13)8(9)15/h3,16H,1-2H2/t3-/m0/s1. The van der Waals surface area contributed by atoms with Crippen molar-refractivity contribution in [2.45, 2.75) is 6.10 Å². The summed E-state index contributed by atoms with van der Waals surface area (Å²) in [6.07, 6.45) is -0.850. The van der Waals surface area contributed by atoms with Crippen LogP contribution in [0.1, 0.15) is 0 Å². The molecule has 2 nitrogen and oxygen atoms in total. The Labute approximate surface area is 128 Å². The first kappa shape index (κ1) is 15.8. The summed E-state index contributed by atoms with van der Waals surface area (Å²) in [6.45, 7) is -0.0861. The van der Waals surface area contributed by atoms with Crippen molar-refractivity contribution in [2.24, 2.45) is 0 Å². The van der Waals surface area contributed by atoms with Crippen LogP contribution in [0.2, 0.25) is 25.1 Å². The molecule has 1 aromatic rings. The van der Waals surface area contributed by atoms with E-state index in [2.05, 4.69) is 0 Å². The molecular weight excluding hydrogens is 353 g/mol. The van der Waals surface area contributed by atoms with E-state index in [0.717, 1.165) is 0 Å². The van der Waals surface area contributed by atoms with Crippen LogP contribution in [0.25, 0.3) is 0 Å². The molecule has 0 fully saturated rings. The van der Waals surface area contributed by atoms with Crippen LogP contribution in [-0.4, -0.2) is 23.7 Å². The minimum Gasteiger partial charge on any atom is -0.488 e. The van der Waals surface area contributed by atoms with Gasteiger partial charge in [-0.15, -0.1) is 11.6 Å². The van der Waals surface area contributed by atoms with Crippen molar-refractivity contribution < 1.29 is 9.84 Å². The van der Waals surface area contributed by atoms with Crippen molar-refractivity contribution in [1.82, 2.24) is 0 Å². The normalized spacial score (nSPS) is 12.6. The zero-order valence-corrected chi connectivity index (χ0v) is 12.7. The SMILES string of the molecule is O[C@@H](CCl)COc1c(Cl)c(Cl)c(Cl)c(Cl)c1Cl. The fraction of sp³-hybridized carbons (Fsp3) is 0.333. The number of aliphatic hydroxyl groups excluding tert-OH is 1. The number of hydrogen-bond donors (Lipinski definition) is 1. The van der Waals surface area contributed by atoms with Gasteiger partial charge in [0.15, 0.2) is 5.75 Å². The highest BCUT2D eigenvalue weighted by atomic mass is 35.5. The van der Waals surface area contributed by atoms with Gasteiger partial charge in [-0.2, -0.15) is 0 Å². The molecule has 0 amide bonds. The summed E-state index contributed by atoms with van der Waals surface area (Å²) in [7, 11) is 0. The first-order valence-electron chi connectivity index (χ1n) is 4.28. The molecule has 96 valence electrons. The second-order valence-electron chi connectivity index (χ2n) is 3.02. The molecule has 17 heavy (non-hydrogen) atoms. The Morgan fingerprint density at radius 3 is 1.71 bits per heavy atom. The number of ether oxygens (including phenoxy) is 1. The lowest BCUT2D eigenvalue weighted by Crippen LogP contribution is -2.19. The first-order chi connectivity index (χ1) is 7.90. The van der Waals surface area contributed by atoms with E-state index < -0.39 is 6.10 Å². The zero-order valence-electron chi connectivity index (χ0n) is 8.11. The van der Waals surface area contributed by atoms with Crippen LogP contribution in [0.3, 0.4) is 0 Å². The second kappa shape index (κ2) is 6.76. The lowest BCUT2D eigenvalue weighted by atomic mass is 10.3. The summed E-state index contributed by atoms with van der Waals surface area (Å²) in [6, 6.07) is 0. The van der Waals surface area contributed by atoms with Crippen molar-refractivity contribution in [3.63, 3.8) is 0 Å². The number of hydrogen-bond acceptors (Lipinski definition) is 2. The molecule has 0 heterocycles. The van der Waals surface area contributed by atoms with Crippen molar-refractivity contribution in [3.05, 3.63) is 25.1 Å².